The van der Waals surface area contributed by atoms with Crippen LogP contribution < -0.4 is 15.6 Å². The predicted octanol–water partition coefficient (Wildman–Crippen LogP) is 1.22. The molecule has 0 radical (unpaired) electrons. The highest BCUT2D eigenvalue weighted by Gasteiger charge is 2.31. The quantitative estimate of drug-likeness (QED) is 0.915. The maximum Gasteiger partial charge on any atom is 0.267 e. The zero-order valence-electron chi connectivity index (χ0n) is 13.7. The minimum Gasteiger partial charge on any atom is -0.493 e. The molecule has 2 aromatic rings. The van der Waals surface area contributed by atoms with E-state index in [0.717, 1.165) is 31.0 Å². The van der Waals surface area contributed by atoms with Gasteiger partial charge >= 0.3 is 0 Å². The molecule has 0 amide bonds. The van der Waals surface area contributed by atoms with Gasteiger partial charge in [-0.1, -0.05) is 12.1 Å². The Morgan fingerprint density at radius 1 is 1.29 bits per heavy atom. The SMILES string of the molecule is Cc1ccc(=O)n(C2COCC2NCc2ccc3c(c2)CCO3)n1. The summed E-state index contributed by atoms with van der Waals surface area (Å²) in [5, 5.41) is 7.89. The topological polar surface area (TPSA) is 65.4 Å². The van der Waals surface area contributed by atoms with Crippen LogP contribution >= 0.6 is 0 Å². The fourth-order valence-electron chi connectivity index (χ4n) is 3.34. The van der Waals surface area contributed by atoms with Crippen LogP contribution in [-0.4, -0.2) is 35.6 Å². The Balaban J connectivity index is 1.47. The molecule has 2 unspecified atom stereocenters. The van der Waals surface area contributed by atoms with Gasteiger partial charge in [0.25, 0.3) is 5.56 Å². The molecule has 126 valence electrons. The second kappa shape index (κ2) is 6.37. The Kier molecular flexibility index (Phi) is 4.08. The van der Waals surface area contributed by atoms with Gasteiger partial charge in [-0.05, 0) is 30.2 Å². The van der Waals surface area contributed by atoms with Crippen molar-refractivity contribution in [2.75, 3.05) is 19.8 Å². The lowest BCUT2D eigenvalue weighted by molar-refractivity contribution is 0.180. The highest BCUT2D eigenvalue weighted by atomic mass is 16.5. The van der Waals surface area contributed by atoms with Gasteiger partial charge in [0, 0.05) is 19.0 Å². The van der Waals surface area contributed by atoms with E-state index in [4.69, 9.17) is 9.47 Å². The van der Waals surface area contributed by atoms with Crippen LogP contribution in [0.3, 0.4) is 0 Å². The zero-order valence-corrected chi connectivity index (χ0v) is 13.7. The van der Waals surface area contributed by atoms with Gasteiger partial charge in [0.2, 0.25) is 0 Å². The van der Waals surface area contributed by atoms with Crippen molar-refractivity contribution < 1.29 is 9.47 Å². The van der Waals surface area contributed by atoms with Crippen LogP contribution in [-0.2, 0) is 17.7 Å². The van der Waals surface area contributed by atoms with Gasteiger partial charge in [0.1, 0.15) is 5.75 Å². The van der Waals surface area contributed by atoms with Crippen LogP contribution in [0.5, 0.6) is 5.75 Å². The predicted molar refractivity (Wildman–Crippen MR) is 89.4 cm³/mol. The van der Waals surface area contributed by atoms with Crippen molar-refractivity contribution in [3.63, 3.8) is 0 Å². The van der Waals surface area contributed by atoms with E-state index in [0.29, 0.717) is 13.2 Å². The van der Waals surface area contributed by atoms with Crippen LogP contribution in [0.1, 0.15) is 22.9 Å². The lowest BCUT2D eigenvalue weighted by Crippen LogP contribution is -2.41. The average molecular weight is 327 g/mol. The first kappa shape index (κ1) is 15.4. The standard InChI is InChI=1S/C18H21N3O3/c1-12-2-5-18(22)21(20-12)16-11-23-10-15(16)19-9-13-3-4-17-14(8-13)6-7-24-17/h2-5,8,15-16,19H,6-7,9-11H2,1H3. The molecule has 1 fully saturated rings. The minimum atomic E-state index is -0.0856. The number of ether oxygens (including phenoxy) is 2. The molecule has 6 nitrogen and oxygen atoms in total. The fraction of sp³-hybridized carbons (Fsp3) is 0.444. The second-order valence-corrected chi connectivity index (χ2v) is 6.39. The van der Waals surface area contributed by atoms with Crippen LogP contribution in [0.25, 0.3) is 0 Å². The summed E-state index contributed by atoms with van der Waals surface area (Å²) in [7, 11) is 0. The van der Waals surface area contributed by atoms with Gasteiger partial charge in [-0.25, -0.2) is 4.68 Å². The molecule has 24 heavy (non-hydrogen) atoms. The Morgan fingerprint density at radius 2 is 2.21 bits per heavy atom. The Morgan fingerprint density at radius 3 is 3.12 bits per heavy atom. The number of aryl methyl sites for hydroxylation is 1. The molecule has 4 rings (SSSR count). The molecular weight excluding hydrogens is 306 g/mol. The number of aromatic nitrogens is 2. The number of nitrogens with zero attached hydrogens (tertiary/aromatic N) is 2. The molecule has 0 aliphatic carbocycles. The lowest BCUT2D eigenvalue weighted by Gasteiger charge is -2.20. The minimum absolute atomic E-state index is 0.0708. The van der Waals surface area contributed by atoms with Gasteiger partial charge in [0.15, 0.2) is 0 Å². The second-order valence-electron chi connectivity index (χ2n) is 6.39. The molecule has 0 bridgehead atoms. The molecule has 2 aliphatic rings. The fourth-order valence-corrected chi connectivity index (χ4v) is 3.34. The first-order valence-corrected chi connectivity index (χ1v) is 8.33. The van der Waals surface area contributed by atoms with Crippen molar-refractivity contribution >= 4 is 0 Å². The summed E-state index contributed by atoms with van der Waals surface area (Å²) >= 11 is 0. The number of nitrogens with one attached hydrogen (secondary N) is 1. The zero-order chi connectivity index (χ0) is 16.5. The van der Waals surface area contributed by atoms with E-state index in [1.54, 1.807) is 16.8 Å². The molecule has 3 heterocycles. The van der Waals surface area contributed by atoms with E-state index >= 15 is 0 Å². The Hall–Kier alpha value is -2.18. The molecule has 6 heteroatoms. The first-order chi connectivity index (χ1) is 11.7. The van der Waals surface area contributed by atoms with Crippen molar-refractivity contribution in [3.05, 3.63) is 57.5 Å². The van der Waals surface area contributed by atoms with Gasteiger partial charge in [0.05, 0.1) is 37.6 Å². The molecule has 2 aliphatic heterocycles. The summed E-state index contributed by atoms with van der Waals surface area (Å²) < 4.78 is 12.7. The van der Waals surface area contributed by atoms with E-state index in [9.17, 15) is 4.79 Å². The number of hydrogen-bond donors (Lipinski definition) is 1. The largest absolute Gasteiger partial charge is 0.493 e. The van der Waals surface area contributed by atoms with Gasteiger partial charge < -0.3 is 14.8 Å². The smallest absolute Gasteiger partial charge is 0.267 e. The molecule has 1 aromatic carbocycles. The summed E-state index contributed by atoms with van der Waals surface area (Å²) in [6.45, 7) is 4.48. The van der Waals surface area contributed by atoms with Crippen LogP contribution in [0.2, 0.25) is 0 Å². The Labute approximate surface area is 140 Å². The number of hydrogen-bond acceptors (Lipinski definition) is 5. The summed E-state index contributed by atoms with van der Waals surface area (Å²) in [6, 6.07) is 9.61. The number of benzene rings is 1. The lowest BCUT2D eigenvalue weighted by atomic mass is 10.1. The van der Waals surface area contributed by atoms with Crippen LogP contribution in [0.4, 0.5) is 0 Å². The third kappa shape index (κ3) is 2.95. The maximum atomic E-state index is 12.1. The Bertz CT molecular complexity index is 802. The van der Waals surface area contributed by atoms with E-state index in [2.05, 4.69) is 22.5 Å². The summed E-state index contributed by atoms with van der Waals surface area (Å²) in [6.07, 6.45) is 0.973. The van der Waals surface area contributed by atoms with Crippen LogP contribution in [0.15, 0.2) is 35.1 Å². The molecule has 1 saturated heterocycles. The molecule has 0 saturated carbocycles. The first-order valence-electron chi connectivity index (χ1n) is 8.33. The molecule has 0 spiro atoms. The van der Waals surface area contributed by atoms with Crippen molar-refractivity contribution in [1.82, 2.24) is 15.1 Å². The third-order valence-electron chi connectivity index (χ3n) is 4.65. The van der Waals surface area contributed by atoms with Crippen molar-refractivity contribution in [3.8, 4) is 5.75 Å². The van der Waals surface area contributed by atoms with Crippen molar-refractivity contribution in [2.24, 2.45) is 0 Å². The van der Waals surface area contributed by atoms with Crippen molar-refractivity contribution in [1.29, 1.82) is 0 Å². The number of fused-ring (bicyclic) bond motifs is 1. The maximum absolute atomic E-state index is 12.1. The summed E-state index contributed by atoms with van der Waals surface area (Å²) in [5.74, 6) is 0.997. The third-order valence-corrected chi connectivity index (χ3v) is 4.65. The van der Waals surface area contributed by atoms with Gasteiger partial charge in [-0.15, -0.1) is 0 Å². The highest BCUT2D eigenvalue weighted by Crippen LogP contribution is 2.26. The summed E-state index contributed by atoms with van der Waals surface area (Å²) in [4.78, 5) is 12.1. The van der Waals surface area contributed by atoms with Crippen molar-refractivity contribution in [2.45, 2.75) is 32.0 Å². The van der Waals surface area contributed by atoms with E-state index in [1.165, 1.54) is 11.1 Å². The van der Waals surface area contributed by atoms with E-state index in [-0.39, 0.29) is 17.6 Å². The monoisotopic (exact) mass is 327 g/mol. The number of rotatable bonds is 4. The van der Waals surface area contributed by atoms with E-state index < -0.39 is 0 Å². The molecular formula is C18H21N3O3. The molecule has 1 aromatic heterocycles. The summed E-state index contributed by atoms with van der Waals surface area (Å²) in [5.41, 5.74) is 3.23. The molecule has 2 atom stereocenters. The highest BCUT2D eigenvalue weighted by molar-refractivity contribution is 5.39. The normalized spacial score (nSPS) is 22.4. The molecule has 1 N–H and O–H groups in total. The van der Waals surface area contributed by atoms with Gasteiger partial charge in [-0.2, -0.15) is 5.10 Å². The van der Waals surface area contributed by atoms with E-state index in [1.807, 2.05) is 13.0 Å². The van der Waals surface area contributed by atoms with Gasteiger partial charge in [-0.3, -0.25) is 4.79 Å². The van der Waals surface area contributed by atoms with Crippen LogP contribution in [0, 0.1) is 6.92 Å². The average Bonchev–Trinajstić information content (AvgIpc) is 3.23.